The standard InChI is InChI=1S/C32H32ClN3O6S/c1-22-13-15-24(33)20-28(22)36(43(39,40)25-9-5-4-6-10-25)21-31(37)35-27-12-8-7-11-26(27)32(38)34-18-17-23-14-16-29(41-2)30(19-23)42-3/h4-16,19-20H,17-18,21H2,1-3H3,(H,34,38)(H,35,37). The molecule has 224 valence electrons. The summed E-state index contributed by atoms with van der Waals surface area (Å²) in [6.45, 7) is 1.51. The average Bonchev–Trinajstić information content (AvgIpc) is 3.01. The van der Waals surface area contributed by atoms with Gasteiger partial charge in [-0.15, -0.1) is 0 Å². The van der Waals surface area contributed by atoms with E-state index in [0.717, 1.165) is 9.87 Å². The van der Waals surface area contributed by atoms with Crippen LogP contribution in [0.2, 0.25) is 5.02 Å². The molecule has 0 spiro atoms. The number of benzene rings is 4. The zero-order valence-corrected chi connectivity index (χ0v) is 25.5. The molecule has 11 heteroatoms. The van der Waals surface area contributed by atoms with Gasteiger partial charge in [-0.1, -0.05) is 54.1 Å². The Hall–Kier alpha value is -4.54. The minimum absolute atomic E-state index is 0.0245. The molecule has 43 heavy (non-hydrogen) atoms. The highest BCUT2D eigenvalue weighted by Crippen LogP contribution is 2.30. The number of aryl methyl sites for hydroxylation is 1. The summed E-state index contributed by atoms with van der Waals surface area (Å²) in [5, 5.41) is 5.91. The Bertz CT molecular complexity index is 1710. The fraction of sp³-hybridized carbons (Fsp3) is 0.188. The molecule has 0 unspecified atom stereocenters. The number of nitrogens with zero attached hydrogens (tertiary/aromatic N) is 1. The first-order valence-corrected chi connectivity index (χ1v) is 15.2. The van der Waals surface area contributed by atoms with Gasteiger partial charge >= 0.3 is 0 Å². The Morgan fingerprint density at radius 2 is 1.56 bits per heavy atom. The van der Waals surface area contributed by atoms with Gasteiger partial charge in [-0.05, 0) is 73.0 Å². The number of amides is 2. The van der Waals surface area contributed by atoms with Crippen molar-refractivity contribution in [2.45, 2.75) is 18.2 Å². The fourth-order valence-corrected chi connectivity index (χ4v) is 6.10. The van der Waals surface area contributed by atoms with Gasteiger partial charge in [-0.3, -0.25) is 13.9 Å². The molecule has 0 aromatic heterocycles. The summed E-state index contributed by atoms with van der Waals surface area (Å²) in [5.74, 6) is 0.177. The van der Waals surface area contributed by atoms with Gasteiger partial charge in [0.1, 0.15) is 6.54 Å². The van der Waals surface area contributed by atoms with E-state index in [-0.39, 0.29) is 21.8 Å². The molecule has 2 amide bonds. The van der Waals surface area contributed by atoms with E-state index in [1.54, 1.807) is 81.8 Å². The number of carbonyl (C=O) groups excluding carboxylic acids is 2. The van der Waals surface area contributed by atoms with Crippen molar-refractivity contribution in [1.29, 1.82) is 0 Å². The molecule has 0 aliphatic heterocycles. The van der Waals surface area contributed by atoms with E-state index in [1.165, 1.54) is 18.2 Å². The van der Waals surface area contributed by atoms with Crippen molar-refractivity contribution in [3.05, 3.63) is 113 Å². The summed E-state index contributed by atoms with van der Waals surface area (Å²) in [6.07, 6.45) is 0.534. The number of para-hydroxylation sites is 1. The van der Waals surface area contributed by atoms with Crippen molar-refractivity contribution in [2.24, 2.45) is 0 Å². The number of rotatable bonds is 12. The smallest absolute Gasteiger partial charge is 0.264 e. The maximum absolute atomic E-state index is 13.7. The fourth-order valence-electron chi connectivity index (χ4n) is 4.43. The van der Waals surface area contributed by atoms with E-state index >= 15 is 0 Å². The van der Waals surface area contributed by atoms with Gasteiger partial charge in [-0.25, -0.2) is 8.42 Å². The number of sulfonamides is 1. The van der Waals surface area contributed by atoms with E-state index in [0.29, 0.717) is 35.1 Å². The number of ether oxygens (including phenoxy) is 2. The molecule has 9 nitrogen and oxygen atoms in total. The van der Waals surface area contributed by atoms with Gasteiger partial charge < -0.3 is 20.1 Å². The lowest BCUT2D eigenvalue weighted by Crippen LogP contribution is -2.39. The number of nitrogens with one attached hydrogen (secondary N) is 2. The molecule has 0 saturated heterocycles. The van der Waals surface area contributed by atoms with Crippen molar-refractivity contribution in [1.82, 2.24) is 5.32 Å². The van der Waals surface area contributed by atoms with Crippen LogP contribution in [0, 0.1) is 6.92 Å². The Kier molecular flexibility index (Phi) is 10.3. The average molecular weight is 622 g/mol. The summed E-state index contributed by atoms with van der Waals surface area (Å²) >= 11 is 6.21. The molecular formula is C32H32ClN3O6S. The Morgan fingerprint density at radius 1 is 0.860 bits per heavy atom. The van der Waals surface area contributed by atoms with E-state index in [9.17, 15) is 18.0 Å². The molecule has 0 heterocycles. The SMILES string of the molecule is COc1ccc(CCNC(=O)c2ccccc2NC(=O)CN(c2cc(Cl)ccc2C)S(=O)(=O)c2ccccc2)cc1OC. The number of carbonyl (C=O) groups is 2. The van der Waals surface area contributed by atoms with Crippen LogP contribution in [0.1, 0.15) is 21.5 Å². The molecule has 0 aliphatic rings. The Labute approximate surface area is 256 Å². The van der Waals surface area contributed by atoms with Gasteiger partial charge in [0.05, 0.1) is 36.1 Å². The van der Waals surface area contributed by atoms with Crippen LogP contribution in [-0.4, -0.2) is 47.5 Å². The number of hydrogen-bond acceptors (Lipinski definition) is 6. The van der Waals surface area contributed by atoms with Crippen LogP contribution in [0.25, 0.3) is 0 Å². The first-order valence-electron chi connectivity index (χ1n) is 13.4. The van der Waals surface area contributed by atoms with Crippen LogP contribution in [0.3, 0.4) is 0 Å². The van der Waals surface area contributed by atoms with E-state index in [1.807, 2.05) is 12.1 Å². The van der Waals surface area contributed by atoms with Crippen LogP contribution in [0.15, 0.2) is 95.9 Å². The van der Waals surface area contributed by atoms with E-state index < -0.39 is 28.4 Å². The second kappa shape index (κ2) is 14.1. The monoisotopic (exact) mass is 621 g/mol. The second-order valence-electron chi connectivity index (χ2n) is 9.54. The van der Waals surface area contributed by atoms with Gasteiger partial charge in [0.15, 0.2) is 11.5 Å². The lowest BCUT2D eigenvalue weighted by Gasteiger charge is -2.26. The third kappa shape index (κ3) is 7.65. The van der Waals surface area contributed by atoms with Crippen molar-refractivity contribution in [3.63, 3.8) is 0 Å². The molecule has 4 aromatic rings. The zero-order valence-electron chi connectivity index (χ0n) is 24.0. The van der Waals surface area contributed by atoms with E-state index in [2.05, 4.69) is 10.6 Å². The summed E-state index contributed by atoms with van der Waals surface area (Å²) in [4.78, 5) is 26.5. The van der Waals surface area contributed by atoms with Gasteiger partial charge in [-0.2, -0.15) is 0 Å². The predicted octanol–water partition coefficient (Wildman–Crippen LogP) is 5.47. The molecule has 0 fully saturated rings. The molecule has 0 atom stereocenters. The van der Waals surface area contributed by atoms with Crippen molar-refractivity contribution < 1.29 is 27.5 Å². The van der Waals surface area contributed by atoms with Crippen LogP contribution >= 0.6 is 11.6 Å². The van der Waals surface area contributed by atoms with Gasteiger partial charge in [0.2, 0.25) is 5.91 Å². The number of anilines is 2. The first-order chi connectivity index (χ1) is 20.6. The molecular weight excluding hydrogens is 590 g/mol. The van der Waals surface area contributed by atoms with Crippen LogP contribution < -0.4 is 24.4 Å². The topological polar surface area (TPSA) is 114 Å². The molecule has 0 saturated carbocycles. The van der Waals surface area contributed by atoms with Crippen molar-refractivity contribution in [3.8, 4) is 11.5 Å². The van der Waals surface area contributed by atoms with Crippen LogP contribution in [0.5, 0.6) is 11.5 Å². The van der Waals surface area contributed by atoms with Crippen molar-refractivity contribution in [2.75, 3.05) is 36.9 Å². The van der Waals surface area contributed by atoms with Gasteiger partial charge in [0.25, 0.3) is 15.9 Å². The Balaban J connectivity index is 1.51. The zero-order chi connectivity index (χ0) is 31.0. The number of methoxy groups -OCH3 is 2. The normalized spacial score (nSPS) is 11.0. The molecule has 4 rings (SSSR count). The first kappa shape index (κ1) is 31.4. The highest BCUT2D eigenvalue weighted by atomic mass is 35.5. The lowest BCUT2D eigenvalue weighted by atomic mass is 10.1. The third-order valence-electron chi connectivity index (χ3n) is 6.65. The highest BCUT2D eigenvalue weighted by molar-refractivity contribution is 7.92. The quantitative estimate of drug-likeness (QED) is 0.217. The summed E-state index contributed by atoms with van der Waals surface area (Å²) in [6, 6.07) is 24.7. The highest BCUT2D eigenvalue weighted by Gasteiger charge is 2.29. The number of hydrogen-bond donors (Lipinski definition) is 2. The maximum Gasteiger partial charge on any atom is 0.264 e. The Morgan fingerprint density at radius 3 is 2.28 bits per heavy atom. The summed E-state index contributed by atoms with van der Waals surface area (Å²) in [7, 11) is -1.02. The largest absolute Gasteiger partial charge is 0.493 e. The second-order valence-corrected chi connectivity index (χ2v) is 11.8. The summed E-state index contributed by atoms with van der Waals surface area (Å²) in [5.41, 5.74) is 2.31. The van der Waals surface area contributed by atoms with Gasteiger partial charge in [0, 0.05) is 11.6 Å². The van der Waals surface area contributed by atoms with E-state index in [4.69, 9.17) is 21.1 Å². The van der Waals surface area contributed by atoms with Crippen LogP contribution in [0.4, 0.5) is 11.4 Å². The maximum atomic E-state index is 13.7. The molecule has 0 bridgehead atoms. The molecule has 0 aliphatic carbocycles. The number of halogens is 1. The van der Waals surface area contributed by atoms with Crippen LogP contribution in [-0.2, 0) is 21.2 Å². The lowest BCUT2D eigenvalue weighted by molar-refractivity contribution is -0.114. The molecule has 2 N–H and O–H groups in total. The predicted molar refractivity (Wildman–Crippen MR) is 168 cm³/mol. The minimum Gasteiger partial charge on any atom is -0.493 e. The minimum atomic E-state index is -4.14. The molecule has 4 aromatic carbocycles. The summed E-state index contributed by atoms with van der Waals surface area (Å²) < 4.78 is 39.0. The third-order valence-corrected chi connectivity index (χ3v) is 8.66. The van der Waals surface area contributed by atoms with Crippen molar-refractivity contribution >= 4 is 44.8 Å². The molecule has 0 radical (unpaired) electrons.